The third-order valence-corrected chi connectivity index (χ3v) is 3.64. The van der Waals surface area contributed by atoms with E-state index < -0.39 is 0 Å². The number of hydrogen-bond acceptors (Lipinski definition) is 4. The third-order valence-electron chi connectivity index (χ3n) is 2.70. The predicted octanol–water partition coefficient (Wildman–Crippen LogP) is 4.65. The zero-order valence-corrected chi connectivity index (χ0v) is 13.5. The molecule has 6 heteroatoms. The molecular weight excluding hydrogens is 344 g/mol. The van der Waals surface area contributed by atoms with Crippen LogP contribution in [0.3, 0.4) is 0 Å². The van der Waals surface area contributed by atoms with Gasteiger partial charge in [-0.2, -0.15) is 0 Å². The van der Waals surface area contributed by atoms with E-state index in [4.69, 9.17) is 21.1 Å². The summed E-state index contributed by atoms with van der Waals surface area (Å²) in [7, 11) is 1.62. The first kappa shape index (κ1) is 15.1. The number of hydrogen-bond donors (Lipinski definition) is 0. The van der Waals surface area contributed by atoms with E-state index in [1.165, 1.54) is 6.33 Å². The Bertz CT molecular complexity index is 608. The summed E-state index contributed by atoms with van der Waals surface area (Å²) in [6, 6.07) is 5.47. The lowest BCUT2D eigenvalue weighted by Gasteiger charge is -2.12. The molecule has 4 nitrogen and oxygen atoms in total. The lowest BCUT2D eigenvalue weighted by atomic mass is 10.2. The molecule has 0 fully saturated rings. The number of methoxy groups -OCH3 is 1. The fraction of sp³-hybridized carbons (Fsp3) is 0.286. The molecule has 0 aliphatic rings. The van der Waals surface area contributed by atoms with Crippen LogP contribution in [0.1, 0.15) is 18.9 Å². The van der Waals surface area contributed by atoms with Crippen LogP contribution < -0.4 is 9.47 Å². The number of rotatable bonds is 5. The standard InChI is InChI=1S/C14H14BrClN2O2/c1-3-4-10-13(16)17-8-18-14(10)20-12-6-5-9(19-2)7-11(12)15/h5-8H,3-4H2,1-2H3. The molecule has 0 aliphatic carbocycles. The topological polar surface area (TPSA) is 44.2 Å². The molecule has 0 saturated heterocycles. The molecule has 0 spiro atoms. The first-order chi connectivity index (χ1) is 9.65. The normalized spacial score (nSPS) is 10.4. The highest BCUT2D eigenvalue weighted by Crippen LogP contribution is 2.34. The molecule has 0 saturated carbocycles. The van der Waals surface area contributed by atoms with E-state index in [-0.39, 0.29) is 0 Å². The summed E-state index contributed by atoms with van der Waals surface area (Å²) in [4.78, 5) is 8.16. The van der Waals surface area contributed by atoms with Gasteiger partial charge in [-0.15, -0.1) is 0 Å². The largest absolute Gasteiger partial charge is 0.497 e. The van der Waals surface area contributed by atoms with Crippen molar-refractivity contribution in [1.82, 2.24) is 9.97 Å². The average molecular weight is 358 g/mol. The Balaban J connectivity index is 2.32. The molecule has 0 amide bonds. The highest BCUT2D eigenvalue weighted by Gasteiger charge is 2.13. The van der Waals surface area contributed by atoms with E-state index in [2.05, 4.69) is 32.8 Å². The van der Waals surface area contributed by atoms with E-state index >= 15 is 0 Å². The second kappa shape index (κ2) is 6.90. The van der Waals surface area contributed by atoms with E-state index in [0.717, 1.165) is 28.6 Å². The van der Waals surface area contributed by atoms with Crippen LogP contribution in [0.5, 0.6) is 17.4 Å². The number of aromatic nitrogens is 2. The Morgan fingerprint density at radius 2 is 2.10 bits per heavy atom. The monoisotopic (exact) mass is 356 g/mol. The van der Waals surface area contributed by atoms with Crippen molar-refractivity contribution in [3.63, 3.8) is 0 Å². The lowest BCUT2D eigenvalue weighted by Crippen LogP contribution is -1.98. The minimum atomic E-state index is 0.432. The van der Waals surface area contributed by atoms with Crippen LogP contribution in [0, 0.1) is 0 Å². The summed E-state index contributed by atoms with van der Waals surface area (Å²) in [5.41, 5.74) is 0.819. The van der Waals surface area contributed by atoms with Crippen LogP contribution in [-0.2, 0) is 6.42 Å². The molecule has 0 aliphatic heterocycles. The molecule has 20 heavy (non-hydrogen) atoms. The van der Waals surface area contributed by atoms with Gasteiger partial charge in [0.15, 0.2) is 0 Å². The maximum Gasteiger partial charge on any atom is 0.227 e. The van der Waals surface area contributed by atoms with Crippen molar-refractivity contribution in [3.8, 4) is 17.4 Å². The van der Waals surface area contributed by atoms with Crippen molar-refractivity contribution in [2.24, 2.45) is 0 Å². The van der Waals surface area contributed by atoms with Crippen molar-refractivity contribution in [1.29, 1.82) is 0 Å². The Hall–Kier alpha value is -1.33. The van der Waals surface area contributed by atoms with Crippen LogP contribution in [0.2, 0.25) is 5.15 Å². The Morgan fingerprint density at radius 1 is 1.30 bits per heavy atom. The Labute approximate surface area is 131 Å². The quantitative estimate of drug-likeness (QED) is 0.731. The zero-order valence-electron chi connectivity index (χ0n) is 11.2. The number of ether oxygens (including phenoxy) is 2. The highest BCUT2D eigenvalue weighted by atomic mass is 79.9. The average Bonchev–Trinajstić information content (AvgIpc) is 2.44. The van der Waals surface area contributed by atoms with Crippen LogP contribution >= 0.6 is 27.5 Å². The molecule has 1 aromatic heterocycles. The maximum atomic E-state index is 6.10. The van der Waals surface area contributed by atoms with Gasteiger partial charge in [0.2, 0.25) is 5.88 Å². The van der Waals surface area contributed by atoms with Crippen LogP contribution in [0.4, 0.5) is 0 Å². The van der Waals surface area contributed by atoms with Gasteiger partial charge in [-0.3, -0.25) is 0 Å². The number of nitrogens with zero attached hydrogens (tertiary/aromatic N) is 2. The second-order valence-corrected chi connectivity index (χ2v) is 5.31. The molecule has 0 atom stereocenters. The van der Waals surface area contributed by atoms with Gasteiger partial charge in [0, 0.05) is 0 Å². The predicted molar refractivity (Wildman–Crippen MR) is 81.8 cm³/mol. The minimum absolute atomic E-state index is 0.432. The minimum Gasteiger partial charge on any atom is -0.497 e. The van der Waals surface area contributed by atoms with Crippen LogP contribution in [-0.4, -0.2) is 17.1 Å². The molecule has 1 heterocycles. The summed E-state index contributed by atoms with van der Waals surface area (Å²) in [5, 5.41) is 0.432. The molecule has 0 radical (unpaired) electrons. The lowest BCUT2D eigenvalue weighted by molar-refractivity contribution is 0.411. The van der Waals surface area contributed by atoms with Crippen molar-refractivity contribution in [3.05, 3.63) is 39.7 Å². The second-order valence-electron chi connectivity index (χ2n) is 4.10. The molecule has 0 N–H and O–H groups in total. The fourth-order valence-electron chi connectivity index (χ4n) is 1.72. The van der Waals surface area contributed by atoms with Crippen molar-refractivity contribution < 1.29 is 9.47 Å². The number of halogens is 2. The van der Waals surface area contributed by atoms with Crippen molar-refractivity contribution in [2.45, 2.75) is 19.8 Å². The highest BCUT2D eigenvalue weighted by molar-refractivity contribution is 9.10. The zero-order chi connectivity index (χ0) is 14.5. The van der Waals surface area contributed by atoms with Crippen LogP contribution in [0.25, 0.3) is 0 Å². The molecule has 1 aromatic carbocycles. The summed E-state index contributed by atoms with van der Waals surface area (Å²) >= 11 is 9.55. The van der Waals surface area contributed by atoms with Crippen molar-refractivity contribution in [2.75, 3.05) is 7.11 Å². The van der Waals surface area contributed by atoms with Crippen LogP contribution in [0.15, 0.2) is 29.0 Å². The fourth-order valence-corrected chi connectivity index (χ4v) is 2.38. The third kappa shape index (κ3) is 3.41. The first-order valence-electron chi connectivity index (χ1n) is 6.16. The van der Waals surface area contributed by atoms with Gasteiger partial charge in [0.25, 0.3) is 0 Å². The molecule has 0 bridgehead atoms. The molecule has 0 unspecified atom stereocenters. The smallest absolute Gasteiger partial charge is 0.227 e. The summed E-state index contributed by atoms with van der Waals surface area (Å²) < 4.78 is 11.8. The van der Waals surface area contributed by atoms with E-state index in [1.54, 1.807) is 7.11 Å². The number of benzene rings is 1. The van der Waals surface area contributed by atoms with Gasteiger partial charge in [-0.1, -0.05) is 24.9 Å². The van der Waals surface area contributed by atoms with Gasteiger partial charge in [0.05, 0.1) is 17.1 Å². The Kier molecular flexibility index (Phi) is 5.20. The van der Waals surface area contributed by atoms with Gasteiger partial charge in [0.1, 0.15) is 23.0 Å². The van der Waals surface area contributed by atoms with E-state index in [1.807, 2.05) is 18.2 Å². The molecule has 2 aromatic rings. The first-order valence-corrected chi connectivity index (χ1v) is 7.33. The molecule has 2 rings (SSSR count). The summed E-state index contributed by atoms with van der Waals surface area (Å²) in [6.07, 6.45) is 3.10. The summed E-state index contributed by atoms with van der Waals surface area (Å²) in [5.74, 6) is 1.88. The van der Waals surface area contributed by atoms with Gasteiger partial charge in [-0.05, 0) is 40.5 Å². The Morgan fingerprint density at radius 3 is 2.75 bits per heavy atom. The molecular formula is C14H14BrClN2O2. The van der Waals surface area contributed by atoms with Gasteiger partial charge < -0.3 is 9.47 Å². The van der Waals surface area contributed by atoms with Gasteiger partial charge >= 0.3 is 0 Å². The van der Waals surface area contributed by atoms with Crippen molar-refractivity contribution >= 4 is 27.5 Å². The SMILES string of the molecule is CCCc1c(Cl)ncnc1Oc1ccc(OC)cc1Br. The maximum absolute atomic E-state index is 6.10. The molecule has 106 valence electrons. The van der Waals surface area contributed by atoms with E-state index in [0.29, 0.717) is 16.8 Å². The van der Waals surface area contributed by atoms with E-state index in [9.17, 15) is 0 Å². The summed E-state index contributed by atoms with van der Waals surface area (Å²) in [6.45, 7) is 2.07. The van der Waals surface area contributed by atoms with Gasteiger partial charge in [-0.25, -0.2) is 9.97 Å².